The molecule has 0 spiro atoms. The van der Waals surface area contributed by atoms with Crippen LogP contribution in [0.25, 0.3) is 0 Å². The topological polar surface area (TPSA) is 189 Å². The van der Waals surface area contributed by atoms with E-state index in [1.54, 1.807) is 13.8 Å². The molecule has 2 atom stereocenters. The first-order valence-corrected chi connectivity index (χ1v) is 9.06. The number of aliphatic carboxylic acids is 3. The average Bonchev–Trinajstić information content (AvgIpc) is 2.53. The molecule has 10 heteroatoms. The van der Waals surface area contributed by atoms with E-state index in [0.29, 0.717) is 6.42 Å². The smallest absolute Gasteiger partial charge is 0.135 e. The van der Waals surface area contributed by atoms with Crippen LogP contribution in [0, 0.1) is 11.8 Å². The Hall–Kier alpha value is -2.91. The van der Waals surface area contributed by atoms with E-state index in [2.05, 4.69) is 0 Å². The first-order valence-electron chi connectivity index (χ1n) is 9.06. The number of ketones is 4. The van der Waals surface area contributed by atoms with Crippen molar-refractivity contribution < 1.29 is 48.9 Å². The van der Waals surface area contributed by atoms with Gasteiger partial charge in [0.2, 0.25) is 0 Å². The van der Waals surface area contributed by atoms with Gasteiger partial charge in [0.1, 0.15) is 23.1 Å². The van der Waals surface area contributed by atoms with Crippen LogP contribution < -0.4 is 15.3 Å². The lowest BCUT2D eigenvalue weighted by atomic mass is 10.0. The van der Waals surface area contributed by atoms with Crippen LogP contribution in [0.1, 0.15) is 74.1 Å². The molecule has 0 saturated heterocycles. The van der Waals surface area contributed by atoms with Crippen LogP contribution in [-0.2, 0) is 33.6 Å². The Bertz CT molecular complexity index is 548. The van der Waals surface area contributed by atoms with Crippen LogP contribution in [0.15, 0.2) is 0 Å². The van der Waals surface area contributed by atoms with Gasteiger partial charge in [-0.25, -0.2) is 0 Å². The highest BCUT2D eigenvalue weighted by Crippen LogP contribution is 2.00. The van der Waals surface area contributed by atoms with Crippen LogP contribution in [0.3, 0.4) is 0 Å². The average molecular weight is 431 g/mol. The Labute approximate surface area is 176 Å². The van der Waals surface area contributed by atoms with E-state index in [4.69, 9.17) is 0 Å². The zero-order chi connectivity index (χ0) is 25.0. The number of carboxylic acids is 3. The summed E-state index contributed by atoms with van der Waals surface area (Å²) >= 11 is 0. The maximum absolute atomic E-state index is 10.4. The molecule has 2 unspecified atom stereocenters. The summed E-state index contributed by atoms with van der Waals surface area (Å²) in [4.78, 5) is 69.6. The number of carbonyl (C=O) groups is 7. The van der Waals surface area contributed by atoms with Crippen LogP contribution in [0.5, 0.6) is 0 Å². The minimum Gasteiger partial charge on any atom is -0.550 e. The molecule has 0 aliphatic carbocycles. The van der Waals surface area contributed by atoms with Crippen LogP contribution in [0.4, 0.5) is 0 Å². The fraction of sp³-hybridized carbons (Fsp3) is 0.650. The lowest BCUT2D eigenvalue weighted by Gasteiger charge is -2.08. The van der Waals surface area contributed by atoms with Crippen molar-refractivity contribution in [3.8, 4) is 0 Å². The van der Waals surface area contributed by atoms with Crippen molar-refractivity contribution in [2.75, 3.05) is 0 Å². The van der Waals surface area contributed by atoms with Gasteiger partial charge in [0, 0.05) is 49.0 Å². The number of carbonyl (C=O) groups excluding carboxylic acids is 7. The van der Waals surface area contributed by atoms with Gasteiger partial charge in [0.05, 0.1) is 0 Å². The summed E-state index contributed by atoms with van der Waals surface area (Å²) in [6, 6.07) is 0. The number of hydrogen-bond donors (Lipinski definition) is 0. The molecule has 0 saturated carbocycles. The van der Waals surface area contributed by atoms with Gasteiger partial charge in [-0.05, 0) is 34.1 Å². The predicted octanol–water partition coefficient (Wildman–Crippen LogP) is -1.60. The number of rotatable bonds is 9. The first-order chi connectivity index (χ1) is 13.5. The lowest BCUT2D eigenvalue weighted by Crippen LogP contribution is -2.30. The third kappa shape index (κ3) is 40.0. The van der Waals surface area contributed by atoms with E-state index in [9.17, 15) is 48.9 Å². The van der Waals surface area contributed by atoms with Crippen LogP contribution >= 0.6 is 0 Å². The van der Waals surface area contributed by atoms with E-state index >= 15 is 0 Å². The molecule has 0 N–H and O–H groups in total. The quantitative estimate of drug-likeness (QED) is 0.384. The molecule has 10 nitrogen and oxygen atoms in total. The maximum atomic E-state index is 10.4. The zero-order valence-electron chi connectivity index (χ0n) is 18.6. The van der Waals surface area contributed by atoms with Crippen LogP contribution in [-0.4, -0.2) is 41.0 Å². The number of Topliss-reactive ketones (excluding diaryl/α,β-unsaturated/α-hetero) is 4. The molecule has 0 aliphatic heterocycles. The molecule has 0 radical (unpaired) electrons. The van der Waals surface area contributed by atoms with Gasteiger partial charge in [-0.2, -0.15) is 0 Å². The molecule has 0 bridgehead atoms. The SMILES string of the molecule is CC(=O)C(C)CC(=O)[O-].CC(=O)CC(=O)[O-].CC(=O)CC(C)C(=O)[O-].CCC(C)=O. The molecule has 0 aromatic carbocycles. The molecule has 0 aromatic heterocycles. The molecule has 0 amide bonds. The van der Waals surface area contributed by atoms with E-state index < -0.39 is 36.2 Å². The fourth-order valence-corrected chi connectivity index (χ4v) is 1.11. The first kappa shape index (κ1) is 34.6. The molecule has 30 heavy (non-hydrogen) atoms. The Morgan fingerprint density at radius 3 is 1.10 bits per heavy atom. The molecule has 0 fully saturated rings. The number of hydrogen-bond acceptors (Lipinski definition) is 10. The molecule has 0 aliphatic rings. The van der Waals surface area contributed by atoms with Gasteiger partial charge >= 0.3 is 0 Å². The van der Waals surface area contributed by atoms with Gasteiger partial charge in [0.25, 0.3) is 0 Å². The summed E-state index contributed by atoms with van der Waals surface area (Å²) in [5.74, 6) is -5.05. The largest absolute Gasteiger partial charge is 0.550 e. The number of carboxylic acid groups (broad SMARTS) is 3. The second-order valence-corrected chi connectivity index (χ2v) is 6.52. The summed E-state index contributed by atoms with van der Waals surface area (Å²) in [7, 11) is 0. The van der Waals surface area contributed by atoms with Crippen molar-refractivity contribution in [1.82, 2.24) is 0 Å². The van der Waals surface area contributed by atoms with Crippen molar-refractivity contribution >= 4 is 41.0 Å². The van der Waals surface area contributed by atoms with Crippen molar-refractivity contribution in [2.45, 2.75) is 74.1 Å². The Balaban J connectivity index is -0.000000154. The van der Waals surface area contributed by atoms with E-state index in [-0.39, 0.29) is 36.0 Å². The molecule has 0 aromatic rings. The van der Waals surface area contributed by atoms with Gasteiger partial charge in [-0.1, -0.05) is 20.8 Å². The van der Waals surface area contributed by atoms with Crippen molar-refractivity contribution in [1.29, 1.82) is 0 Å². The highest BCUT2D eigenvalue weighted by Gasteiger charge is 2.06. The Morgan fingerprint density at radius 2 is 1.03 bits per heavy atom. The second-order valence-electron chi connectivity index (χ2n) is 6.52. The minimum absolute atomic E-state index is 0.0718. The summed E-state index contributed by atoms with van der Waals surface area (Å²) in [5, 5.41) is 29.3. The van der Waals surface area contributed by atoms with E-state index in [1.807, 2.05) is 6.92 Å². The monoisotopic (exact) mass is 431 g/mol. The summed E-state index contributed by atoms with van der Waals surface area (Å²) in [6.07, 6.45) is 0.0949. The Kier molecular flexibility index (Phi) is 24.0. The lowest BCUT2D eigenvalue weighted by molar-refractivity contribution is -0.311. The van der Waals surface area contributed by atoms with Gasteiger partial charge in [-0.3, -0.25) is 9.59 Å². The minimum atomic E-state index is -1.31. The molecular formula is C20H31O10-3. The third-order valence-electron chi connectivity index (χ3n) is 3.05. The molecule has 0 heterocycles. The van der Waals surface area contributed by atoms with Crippen molar-refractivity contribution in [2.24, 2.45) is 11.8 Å². The van der Waals surface area contributed by atoms with E-state index in [0.717, 1.165) is 0 Å². The van der Waals surface area contributed by atoms with Crippen molar-refractivity contribution in [3.63, 3.8) is 0 Å². The van der Waals surface area contributed by atoms with Crippen molar-refractivity contribution in [3.05, 3.63) is 0 Å². The maximum Gasteiger partial charge on any atom is 0.135 e. The third-order valence-corrected chi connectivity index (χ3v) is 3.05. The normalized spacial score (nSPS) is 10.8. The van der Waals surface area contributed by atoms with E-state index in [1.165, 1.54) is 27.7 Å². The summed E-state index contributed by atoms with van der Waals surface area (Å²) in [6.45, 7) is 10.4. The van der Waals surface area contributed by atoms with Gasteiger partial charge in [0.15, 0.2) is 0 Å². The highest BCUT2D eigenvalue weighted by atomic mass is 16.4. The predicted molar refractivity (Wildman–Crippen MR) is 100 cm³/mol. The zero-order valence-corrected chi connectivity index (χ0v) is 18.6. The molecular weight excluding hydrogens is 400 g/mol. The fourth-order valence-electron chi connectivity index (χ4n) is 1.11. The standard InChI is InChI=1S/2C6H10O3.C4H6O3.C4H8O/c1-4(5(2)7)3-6(8)9;1-4(6(8)9)3-5(2)7;1-3(5)2-4(6)7;1-3-4(2)5/h2*4H,3H2,1-2H3,(H,8,9);2H2,1H3,(H,6,7);3H2,1-2H3/p-3. The molecule has 174 valence electrons. The molecule has 0 rings (SSSR count). The second kappa shape index (κ2) is 20.8. The van der Waals surface area contributed by atoms with Crippen LogP contribution in [0.2, 0.25) is 0 Å². The summed E-state index contributed by atoms with van der Waals surface area (Å²) < 4.78 is 0. The highest BCUT2D eigenvalue weighted by molar-refractivity contribution is 5.92. The summed E-state index contributed by atoms with van der Waals surface area (Å²) in [5.41, 5.74) is 0. The van der Waals surface area contributed by atoms with Gasteiger partial charge in [-0.15, -0.1) is 0 Å². The Morgan fingerprint density at radius 1 is 0.633 bits per heavy atom. The van der Waals surface area contributed by atoms with Gasteiger partial charge < -0.3 is 39.3 Å².